The van der Waals surface area contributed by atoms with Gasteiger partial charge in [-0.05, 0) is 35.0 Å². The molecule has 8 heteroatoms. The second-order valence-corrected chi connectivity index (χ2v) is 6.29. The van der Waals surface area contributed by atoms with Crippen molar-refractivity contribution >= 4 is 38.2 Å². The highest BCUT2D eigenvalue weighted by Crippen LogP contribution is 2.33. The smallest absolute Gasteiger partial charge is 0.201 e. The minimum Gasteiger partial charge on any atom is -0.453 e. The number of nitrogens with zero attached hydrogens (tertiary/aromatic N) is 2. The topological polar surface area (TPSA) is 47.0 Å². The van der Waals surface area contributed by atoms with Gasteiger partial charge in [0.15, 0.2) is 16.7 Å². The van der Waals surface area contributed by atoms with Crippen molar-refractivity contribution in [2.75, 3.05) is 5.32 Å². The average molecular weight is 398 g/mol. The standard InChI is InChI=1S/C15H10BrF2N3OS/c1-8-7-23-15(20-8)21-13-5-12(9(16)6-19-13)22-11-4-2-3-10(17)14(11)18/h2-7H,1H3,(H,19,20,21). The van der Waals surface area contributed by atoms with Crippen LogP contribution in [0.3, 0.4) is 0 Å². The van der Waals surface area contributed by atoms with Crippen LogP contribution in [0, 0.1) is 18.6 Å². The van der Waals surface area contributed by atoms with Gasteiger partial charge in [-0.15, -0.1) is 11.3 Å². The number of rotatable bonds is 4. The Morgan fingerprint density at radius 3 is 2.83 bits per heavy atom. The molecule has 0 unspecified atom stereocenters. The van der Waals surface area contributed by atoms with Crippen molar-refractivity contribution in [2.45, 2.75) is 6.92 Å². The third kappa shape index (κ3) is 3.65. The zero-order chi connectivity index (χ0) is 16.4. The monoisotopic (exact) mass is 397 g/mol. The van der Waals surface area contributed by atoms with Crippen molar-refractivity contribution in [3.8, 4) is 11.5 Å². The molecule has 0 spiro atoms. The Labute approximate surface area is 143 Å². The van der Waals surface area contributed by atoms with Crippen LogP contribution in [0.15, 0.2) is 40.3 Å². The quantitative estimate of drug-likeness (QED) is 0.637. The molecule has 0 saturated heterocycles. The van der Waals surface area contributed by atoms with E-state index in [1.54, 1.807) is 6.07 Å². The summed E-state index contributed by atoms with van der Waals surface area (Å²) in [4.78, 5) is 8.46. The van der Waals surface area contributed by atoms with E-state index in [9.17, 15) is 8.78 Å². The Bertz CT molecular complexity index is 856. The molecule has 0 aliphatic heterocycles. The average Bonchev–Trinajstić information content (AvgIpc) is 2.92. The van der Waals surface area contributed by atoms with Crippen LogP contribution in [0.5, 0.6) is 11.5 Å². The summed E-state index contributed by atoms with van der Waals surface area (Å²) in [5.74, 6) is -1.42. The number of ether oxygens (including phenoxy) is 1. The number of halogens is 3. The molecule has 0 aliphatic carbocycles. The summed E-state index contributed by atoms with van der Waals surface area (Å²) in [5, 5.41) is 5.62. The fourth-order valence-corrected chi connectivity index (χ4v) is 2.76. The number of pyridine rings is 1. The number of nitrogens with one attached hydrogen (secondary N) is 1. The van der Waals surface area contributed by atoms with Crippen LogP contribution < -0.4 is 10.1 Å². The van der Waals surface area contributed by atoms with Gasteiger partial charge >= 0.3 is 0 Å². The van der Waals surface area contributed by atoms with Crippen molar-refractivity contribution in [3.05, 3.63) is 57.6 Å². The first-order valence-electron chi connectivity index (χ1n) is 6.49. The summed E-state index contributed by atoms with van der Waals surface area (Å²) >= 11 is 4.71. The molecule has 0 fully saturated rings. The molecular weight excluding hydrogens is 388 g/mol. The molecule has 0 aliphatic rings. The second-order valence-electron chi connectivity index (χ2n) is 4.57. The first-order valence-corrected chi connectivity index (χ1v) is 8.17. The third-order valence-corrected chi connectivity index (χ3v) is 4.28. The van der Waals surface area contributed by atoms with Gasteiger partial charge in [-0.25, -0.2) is 14.4 Å². The van der Waals surface area contributed by atoms with Crippen LogP contribution in [0.4, 0.5) is 19.7 Å². The Morgan fingerprint density at radius 1 is 1.26 bits per heavy atom. The van der Waals surface area contributed by atoms with Gasteiger partial charge in [0.1, 0.15) is 11.6 Å². The highest BCUT2D eigenvalue weighted by atomic mass is 79.9. The number of hydrogen-bond donors (Lipinski definition) is 1. The molecule has 1 aromatic carbocycles. The van der Waals surface area contributed by atoms with Crippen LogP contribution in [-0.4, -0.2) is 9.97 Å². The first-order chi connectivity index (χ1) is 11.0. The Hall–Kier alpha value is -2.06. The summed E-state index contributed by atoms with van der Waals surface area (Å²) in [7, 11) is 0. The molecule has 118 valence electrons. The van der Waals surface area contributed by atoms with E-state index in [-0.39, 0.29) is 5.75 Å². The van der Waals surface area contributed by atoms with Gasteiger partial charge in [0.25, 0.3) is 0 Å². The lowest BCUT2D eigenvalue weighted by Gasteiger charge is -2.10. The van der Waals surface area contributed by atoms with E-state index in [0.29, 0.717) is 21.2 Å². The predicted molar refractivity (Wildman–Crippen MR) is 88.5 cm³/mol. The highest BCUT2D eigenvalue weighted by molar-refractivity contribution is 9.10. The fraction of sp³-hybridized carbons (Fsp3) is 0.0667. The van der Waals surface area contributed by atoms with Crippen molar-refractivity contribution in [2.24, 2.45) is 0 Å². The normalized spacial score (nSPS) is 10.6. The minimum absolute atomic E-state index is 0.201. The fourth-order valence-electron chi connectivity index (χ4n) is 1.77. The number of aryl methyl sites for hydroxylation is 1. The predicted octanol–water partition coefficient (Wildman–Crippen LogP) is 5.42. The lowest BCUT2D eigenvalue weighted by Crippen LogP contribution is -1.96. The largest absolute Gasteiger partial charge is 0.453 e. The van der Waals surface area contributed by atoms with Gasteiger partial charge < -0.3 is 10.1 Å². The SMILES string of the molecule is Cc1csc(Nc2cc(Oc3cccc(F)c3F)c(Br)cn2)n1. The molecule has 0 saturated carbocycles. The van der Waals surface area contributed by atoms with Crippen LogP contribution in [0.25, 0.3) is 0 Å². The number of hydrogen-bond acceptors (Lipinski definition) is 5. The molecule has 3 aromatic rings. The Kier molecular flexibility index (Phi) is 4.53. The lowest BCUT2D eigenvalue weighted by molar-refractivity contribution is 0.414. The number of thiazole rings is 1. The van der Waals surface area contributed by atoms with E-state index in [0.717, 1.165) is 11.8 Å². The maximum Gasteiger partial charge on any atom is 0.201 e. The molecule has 0 bridgehead atoms. The second kappa shape index (κ2) is 6.59. The molecule has 1 N–H and O–H groups in total. The number of anilines is 2. The van der Waals surface area contributed by atoms with Crippen LogP contribution in [-0.2, 0) is 0 Å². The van der Waals surface area contributed by atoms with E-state index >= 15 is 0 Å². The Balaban J connectivity index is 1.87. The van der Waals surface area contributed by atoms with Crippen LogP contribution in [0.1, 0.15) is 5.69 Å². The number of benzene rings is 1. The molecule has 2 heterocycles. The summed E-state index contributed by atoms with van der Waals surface area (Å²) in [6, 6.07) is 5.33. The molecule has 23 heavy (non-hydrogen) atoms. The Morgan fingerprint density at radius 2 is 2.09 bits per heavy atom. The molecule has 0 amide bonds. The molecule has 0 radical (unpaired) electrons. The van der Waals surface area contributed by atoms with Gasteiger partial charge in [0, 0.05) is 17.6 Å². The van der Waals surface area contributed by atoms with Gasteiger partial charge in [-0.2, -0.15) is 4.39 Å². The highest BCUT2D eigenvalue weighted by Gasteiger charge is 2.13. The molecular formula is C15H10BrF2N3OS. The third-order valence-electron chi connectivity index (χ3n) is 2.81. The van der Waals surface area contributed by atoms with Gasteiger partial charge in [0.05, 0.1) is 10.2 Å². The van der Waals surface area contributed by atoms with Crippen LogP contribution in [0.2, 0.25) is 0 Å². The lowest BCUT2D eigenvalue weighted by atomic mass is 10.3. The molecule has 4 nitrogen and oxygen atoms in total. The summed E-state index contributed by atoms with van der Waals surface area (Å²) in [5.41, 5.74) is 0.896. The molecule has 3 rings (SSSR count). The van der Waals surface area contributed by atoms with E-state index in [1.165, 1.54) is 29.7 Å². The van der Waals surface area contributed by atoms with Crippen LogP contribution >= 0.6 is 27.3 Å². The molecule has 2 aromatic heterocycles. The van der Waals surface area contributed by atoms with Crippen molar-refractivity contribution < 1.29 is 13.5 Å². The van der Waals surface area contributed by atoms with Gasteiger partial charge in [0.2, 0.25) is 5.82 Å². The van der Waals surface area contributed by atoms with E-state index in [4.69, 9.17) is 4.74 Å². The number of aromatic nitrogens is 2. The van der Waals surface area contributed by atoms with E-state index in [1.807, 2.05) is 12.3 Å². The van der Waals surface area contributed by atoms with Gasteiger partial charge in [-0.1, -0.05) is 6.07 Å². The zero-order valence-electron chi connectivity index (χ0n) is 11.8. The van der Waals surface area contributed by atoms with Crippen molar-refractivity contribution in [1.82, 2.24) is 9.97 Å². The van der Waals surface area contributed by atoms with E-state index in [2.05, 4.69) is 31.2 Å². The zero-order valence-corrected chi connectivity index (χ0v) is 14.2. The van der Waals surface area contributed by atoms with Crippen molar-refractivity contribution in [1.29, 1.82) is 0 Å². The van der Waals surface area contributed by atoms with Gasteiger partial charge in [-0.3, -0.25) is 0 Å². The summed E-state index contributed by atoms with van der Waals surface area (Å²) in [6.45, 7) is 1.89. The summed E-state index contributed by atoms with van der Waals surface area (Å²) < 4.78 is 32.9. The maximum absolute atomic E-state index is 13.7. The molecule has 0 atom stereocenters. The minimum atomic E-state index is -1.04. The first kappa shape index (κ1) is 15.8. The van der Waals surface area contributed by atoms with Crippen molar-refractivity contribution in [3.63, 3.8) is 0 Å². The summed E-state index contributed by atoms with van der Waals surface area (Å²) in [6.07, 6.45) is 1.51. The van der Waals surface area contributed by atoms with E-state index < -0.39 is 11.6 Å². The maximum atomic E-state index is 13.7.